The Morgan fingerprint density at radius 3 is 2.75 bits per heavy atom. The zero-order chi connectivity index (χ0) is 13.9. The van der Waals surface area contributed by atoms with Gasteiger partial charge in [-0.05, 0) is 12.1 Å². The van der Waals surface area contributed by atoms with Crippen LogP contribution in [0, 0.1) is 11.3 Å². The number of aromatic nitrogens is 3. The third kappa shape index (κ3) is 1.93. The van der Waals surface area contributed by atoms with Gasteiger partial charge in [0.05, 0.1) is 18.2 Å². The van der Waals surface area contributed by atoms with Gasteiger partial charge in [-0.15, -0.1) is 0 Å². The first-order valence-electron chi connectivity index (χ1n) is 5.98. The number of hydrogen-bond donors (Lipinski definition) is 0. The Balaban J connectivity index is 2.32. The lowest BCUT2D eigenvalue weighted by Gasteiger charge is -2.09. The van der Waals surface area contributed by atoms with Crippen LogP contribution in [0.2, 0.25) is 0 Å². The van der Waals surface area contributed by atoms with E-state index in [2.05, 4.69) is 15.0 Å². The van der Waals surface area contributed by atoms with Gasteiger partial charge in [-0.2, -0.15) is 5.26 Å². The third-order valence-electron chi connectivity index (χ3n) is 2.94. The summed E-state index contributed by atoms with van der Waals surface area (Å²) in [5.74, 6) is 0.431. The van der Waals surface area contributed by atoms with Crippen molar-refractivity contribution in [2.75, 3.05) is 7.11 Å². The minimum Gasteiger partial charge on any atom is -0.480 e. The SMILES string of the molecule is COc1nc2ccccc2cc1-c1nccnc1C#N. The first-order chi connectivity index (χ1) is 9.83. The smallest absolute Gasteiger partial charge is 0.223 e. The number of para-hydroxylation sites is 1. The molecule has 3 aromatic rings. The van der Waals surface area contributed by atoms with Gasteiger partial charge in [-0.3, -0.25) is 4.98 Å². The topological polar surface area (TPSA) is 71.7 Å². The second-order valence-electron chi connectivity index (χ2n) is 4.10. The highest BCUT2D eigenvalue weighted by Crippen LogP contribution is 2.31. The van der Waals surface area contributed by atoms with Crippen LogP contribution in [0.25, 0.3) is 22.2 Å². The molecule has 0 amide bonds. The summed E-state index contributed by atoms with van der Waals surface area (Å²) in [5, 5.41) is 10.1. The molecule has 0 fully saturated rings. The van der Waals surface area contributed by atoms with Crippen molar-refractivity contribution < 1.29 is 4.74 Å². The summed E-state index contributed by atoms with van der Waals surface area (Å²) < 4.78 is 5.32. The molecule has 0 bridgehead atoms. The maximum Gasteiger partial charge on any atom is 0.223 e. The van der Waals surface area contributed by atoms with Gasteiger partial charge in [0, 0.05) is 17.8 Å². The first-order valence-corrected chi connectivity index (χ1v) is 5.98. The lowest BCUT2D eigenvalue weighted by molar-refractivity contribution is 0.401. The quantitative estimate of drug-likeness (QED) is 0.709. The van der Waals surface area contributed by atoms with E-state index in [4.69, 9.17) is 10.00 Å². The molecule has 0 saturated carbocycles. The molecular formula is C15H10N4O. The van der Waals surface area contributed by atoms with Crippen LogP contribution in [0.5, 0.6) is 5.88 Å². The predicted molar refractivity (Wildman–Crippen MR) is 74.0 cm³/mol. The summed E-state index contributed by atoms with van der Waals surface area (Å²) in [5.41, 5.74) is 2.22. The number of methoxy groups -OCH3 is 1. The van der Waals surface area contributed by atoms with E-state index in [1.165, 1.54) is 6.20 Å². The molecule has 96 valence electrons. The highest BCUT2D eigenvalue weighted by molar-refractivity contribution is 5.86. The lowest BCUT2D eigenvalue weighted by Crippen LogP contribution is -1.97. The molecule has 0 aliphatic carbocycles. The molecule has 5 heteroatoms. The molecule has 3 rings (SSSR count). The molecule has 5 nitrogen and oxygen atoms in total. The molecule has 1 aromatic carbocycles. The van der Waals surface area contributed by atoms with Crippen LogP contribution >= 0.6 is 0 Å². The molecule has 0 atom stereocenters. The fourth-order valence-corrected chi connectivity index (χ4v) is 2.04. The zero-order valence-corrected chi connectivity index (χ0v) is 10.7. The van der Waals surface area contributed by atoms with Crippen molar-refractivity contribution >= 4 is 10.9 Å². The Hall–Kier alpha value is -3.00. The fraction of sp³-hybridized carbons (Fsp3) is 0.0667. The second kappa shape index (κ2) is 4.94. The van der Waals surface area contributed by atoms with Crippen LogP contribution < -0.4 is 4.74 Å². The molecule has 2 aromatic heterocycles. The Bertz CT molecular complexity index is 823. The van der Waals surface area contributed by atoms with Gasteiger partial charge >= 0.3 is 0 Å². The van der Waals surface area contributed by atoms with Crippen LogP contribution in [0.1, 0.15) is 5.69 Å². The van der Waals surface area contributed by atoms with Gasteiger partial charge in [-0.25, -0.2) is 9.97 Å². The standard InChI is InChI=1S/C15H10N4O/c1-20-15-11(14-13(9-16)17-6-7-18-14)8-10-4-2-3-5-12(10)19-15/h2-8H,1H3. The van der Waals surface area contributed by atoms with E-state index in [0.29, 0.717) is 17.1 Å². The number of rotatable bonds is 2. The first kappa shape index (κ1) is 12.1. The monoisotopic (exact) mass is 262 g/mol. The van der Waals surface area contributed by atoms with E-state index in [-0.39, 0.29) is 5.69 Å². The Morgan fingerprint density at radius 1 is 1.15 bits per heavy atom. The number of pyridine rings is 1. The van der Waals surface area contributed by atoms with Crippen LogP contribution in [0.4, 0.5) is 0 Å². The van der Waals surface area contributed by atoms with Crippen molar-refractivity contribution in [1.82, 2.24) is 15.0 Å². The summed E-state index contributed by atoms with van der Waals surface area (Å²) in [4.78, 5) is 12.7. The van der Waals surface area contributed by atoms with Crippen molar-refractivity contribution in [2.45, 2.75) is 0 Å². The lowest BCUT2D eigenvalue weighted by atomic mass is 10.1. The van der Waals surface area contributed by atoms with Crippen LogP contribution in [-0.4, -0.2) is 22.1 Å². The molecule has 2 heterocycles. The molecule has 0 unspecified atom stereocenters. The Kier molecular flexibility index (Phi) is 2.98. The van der Waals surface area contributed by atoms with Crippen molar-refractivity contribution in [3.8, 4) is 23.2 Å². The van der Waals surface area contributed by atoms with Crippen molar-refractivity contribution in [1.29, 1.82) is 5.26 Å². The summed E-state index contributed by atoms with van der Waals surface area (Å²) in [6.07, 6.45) is 3.04. The van der Waals surface area contributed by atoms with E-state index in [1.807, 2.05) is 36.4 Å². The highest BCUT2D eigenvalue weighted by Gasteiger charge is 2.15. The number of nitrogens with zero attached hydrogens (tertiary/aromatic N) is 4. The van der Waals surface area contributed by atoms with Gasteiger partial charge < -0.3 is 4.74 Å². The molecule has 0 N–H and O–H groups in total. The molecule has 0 spiro atoms. The summed E-state index contributed by atoms with van der Waals surface area (Å²) in [6, 6.07) is 11.7. The van der Waals surface area contributed by atoms with E-state index >= 15 is 0 Å². The van der Waals surface area contributed by atoms with Crippen LogP contribution in [-0.2, 0) is 0 Å². The van der Waals surface area contributed by atoms with Crippen LogP contribution in [0.3, 0.4) is 0 Å². The van der Waals surface area contributed by atoms with Crippen molar-refractivity contribution in [3.63, 3.8) is 0 Å². The maximum absolute atomic E-state index is 9.14. The molecule has 0 radical (unpaired) electrons. The summed E-state index contributed by atoms with van der Waals surface area (Å²) in [7, 11) is 1.54. The highest BCUT2D eigenvalue weighted by atomic mass is 16.5. The second-order valence-corrected chi connectivity index (χ2v) is 4.10. The maximum atomic E-state index is 9.14. The van der Waals surface area contributed by atoms with E-state index in [1.54, 1.807) is 13.3 Å². The van der Waals surface area contributed by atoms with Gasteiger partial charge in [0.15, 0.2) is 5.69 Å². The predicted octanol–water partition coefficient (Wildman–Crippen LogP) is 2.57. The van der Waals surface area contributed by atoms with Gasteiger partial charge in [0.25, 0.3) is 0 Å². The summed E-state index contributed by atoms with van der Waals surface area (Å²) in [6.45, 7) is 0. The van der Waals surface area contributed by atoms with Crippen molar-refractivity contribution in [2.24, 2.45) is 0 Å². The van der Waals surface area contributed by atoms with E-state index < -0.39 is 0 Å². The van der Waals surface area contributed by atoms with Gasteiger partial charge in [0.1, 0.15) is 11.8 Å². The largest absolute Gasteiger partial charge is 0.480 e. The minimum atomic E-state index is 0.253. The van der Waals surface area contributed by atoms with E-state index in [9.17, 15) is 0 Å². The number of benzene rings is 1. The molecule has 0 saturated heterocycles. The van der Waals surface area contributed by atoms with Gasteiger partial charge in [0.2, 0.25) is 5.88 Å². The zero-order valence-electron chi connectivity index (χ0n) is 10.7. The molecule has 20 heavy (non-hydrogen) atoms. The molecular weight excluding hydrogens is 252 g/mol. The normalized spacial score (nSPS) is 10.2. The number of ether oxygens (including phenoxy) is 1. The Morgan fingerprint density at radius 2 is 1.95 bits per heavy atom. The van der Waals surface area contributed by atoms with Crippen LogP contribution in [0.15, 0.2) is 42.7 Å². The molecule has 0 aliphatic heterocycles. The number of nitriles is 1. The average molecular weight is 262 g/mol. The van der Waals surface area contributed by atoms with Crippen molar-refractivity contribution in [3.05, 3.63) is 48.4 Å². The average Bonchev–Trinajstić information content (AvgIpc) is 2.53. The number of hydrogen-bond acceptors (Lipinski definition) is 5. The van der Waals surface area contributed by atoms with Gasteiger partial charge in [-0.1, -0.05) is 18.2 Å². The number of fused-ring (bicyclic) bond motifs is 1. The van der Waals surface area contributed by atoms with E-state index in [0.717, 1.165) is 10.9 Å². The molecule has 0 aliphatic rings. The Labute approximate surface area is 115 Å². The fourth-order valence-electron chi connectivity index (χ4n) is 2.04. The minimum absolute atomic E-state index is 0.253. The summed E-state index contributed by atoms with van der Waals surface area (Å²) >= 11 is 0. The third-order valence-corrected chi connectivity index (χ3v) is 2.94.